The zero-order chi connectivity index (χ0) is 18.6. The van der Waals surface area contributed by atoms with E-state index in [1.165, 1.54) is 0 Å². The Hall–Kier alpha value is -2.79. The summed E-state index contributed by atoms with van der Waals surface area (Å²) in [7, 11) is 0. The fourth-order valence-corrected chi connectivity index (χ4v) is 3.63. The van der Waals surface area contributed by atoms with Gasteiger partial charge in [-0.25, -0.2) is 0 Å². The Bertz CT molecular complexity index is 925. The smallest absolute Gasteiger partial charge is 0.251 e. The molecule has 2 aromatic carbocycles. The summed E-state index contributed by atoms with van der Waals surface area (Å²) in [5.41, 5.74) is 2.69. The minimum absolute atomic E-state index is 0.0853. The Kier molecular flexibility index (Phi) is 5.12. The molecule has 1 saturated heterocycles. The molecule has 27 heavy (non-hydrogen) atoms. The number of anilines is 1. The van der Waals surface area contributed by atoms with E-state index in [0.29, 0.717) is 10.6 Å². The van der Waals surface area contributed by atoms with Crippen molar-refractivity contribution in [2.45, 2.75) is 18.9 Å². The molecule has 0 spiro atoms. The van der Waals surface area contributed by atoms with Crippen LogP contribution in [0.25, 0.3) is 11.3 Å². The normalized spacial score (nSPS) is 16.9. The first-order chi connectivity index (χ1) is 13.2. The van der Waals surface area contributed by atoms with Crippen LogP contribution in [0, 0.1) is 0 Å². The van der Waals surface area contributed by atoms with Crippen LogP contribution in [0.3, 0.4) is 0 Å². The minimum atomic E-state index is -0.0867. The number of rotatable bonds is 4. The number of piperidine rings is 1. The third-order valence-electron chi connectivity index (χ3n) is 4.82. The third-order valence-corrected chi connectivity index (χ3v) is 5.05. The molecule has 2 heterocycles. The summed E-state index contributed by atoms with van der Waals surface area (Å²) in [5.74, 6) is 0.826. The summed E-state index contributed by atoms with van der Waals surface area (Å²) >= 11 is 5.99. The van der Waals surface area contributed by atoms with Gasteiger partial charge in [0.1, 0.15) is 0 Å². The number of nitrogens with one attached hydrogen (secondary N) is 2. The number of hydrogen-bond acceptors (Lipinski definition) is 3. The standard InChI is InChI=1S/C21H21ClN4O/c22-17-9-4-8-16(12-17)21(27)23-18-10-5-11-26(14-18)20-13-19(24-25-20)15-6-2-1-3-7-15/h1-4,6-9,12-13,18H,5,10-11,14H2,(H,23,27)(H,24,25)/t18-/m1/s1. The van der Waals surface area contributed by atoms with Crippen LogP contribution in [0.4, 0.5) is 5.82 Å². The van der Waals surface area contributed by atoms with Gasteiger partial charge in [0.15, 0.2) is 5.82 Å². The highest BCUT2D eigenvalue weighted by Crippen LogP contribution is 2.24. The zero-order valence-electron chi connectivity index (χ0n) is 14.9. The second-order valence-corrected chi connectivity index (χ2v) is 7.21. The van der Waals surface area contributed by atoms with Crippen molar-refractivity contribution in [3.05, 3.63) is 71.2 Å². The number of aromatic amines is 1. The fraction of sp³-hybridized carbons (Fsp3) is 0.238. The van der Waals surface area contributed by atoms with Crippen molar-refractivity contribution >= 4 is 23.3 Å². The Morgan fingerprint density at radius 3 is 2.81 bits per heavy atom. The molecule has 0 saturated carbocycles. The Balaban J connectivity index is 1.42. The molecule has 4 rings (SSSR count). The van der Waals surface area contributed by atoms with E-state index >= 15 is 0 Å². The topological polar surface area (TPSA) is 61.0 Å². The number of hydrogen-bond donors (Lipinski definition) is 2. The number of halogens is 1. The van der Waals surface area contributed by atoms with Crippen LogP contribution in [0.1, 0.15) is 23.2 Å². The van der Waals surface area contributed by atoms with E-state index in [-0.39, 0.29) is 11.9 Å². The zero-order valence-corrected chi connectivity index (χ0v) is 15.6. The van der Waals surface area contributed by atoms with Crippen molar-refractivity contribution in [1.29, 1.82) is 0 Å². The van der Waals surface area contributed by atoms with Gasteiger partial charge in [0.25, 0.3) is 5.91 Å². The molecular formula is C21H21ClN4O. The summed E-state index contributed by atoms with van der Waals surface area (Å²) in [6.45, 7) is 1.67. The minimum Gasteiger partial charge on any atom is -0.353 e. The highest BCUT2D eigenvalue weighted by Gasteiger charge is 2.23. The number of amides is 1. The lowest BCUT2D eigenvalue weighted by Gasteiger charge is -2.33. The van der Waals surface area contributed by atoms with E-state index in [9.17, 15) is 4.79 Å². The van der Waals surface area contributed by atoms with Crippen LogP contribution >= 0.6 is 11.6 Å². The first-order valence-electron chi connectivity index (χ1n) is 9.11. The summed E-state index contributed by atoms with van der Waals surface area (Å²) < 4.78 is 0. The van der Waals surface area contributed by atoms with Gasteiger partial charge in [0.05, 0.1) is 5.69 Å². The molecule has 0 bridgehead atoms. The summed E-state index contributed by atoms with van der Waals surface area (Å²) in [5, 5.41) is 11.3. The second kappa shape index (κ2) is 7.84. The van der Waals surface area contributed by atoms with Crippen molar-refractivity contribution < 1.29 is 4.79 Å². The number of H-pyrrole nitrogens is 1. The predicted octanol–water partition coefficient (Wildman–Crippen LogP) is 4.13. The summed E-state index contributed by atoms with van der Waals surface area (Å²) in [4.78, 5) is 14.7. The van der Waals surface area contributed by atoms with Crippen LogP contribution in [-0.2, 0) is 0 Å². The van der Waals surface area contributed by atoms with Crippen molar-refractivity contribution in [1.82, 2.24) is 15.5 Å². The number of carbonyl (C=O) groups is 1. The number of aromatic nitrogens is 2. The maximum Gasteiger partial charge on any atom is 0.251 e. The van der Waals surface area contributed by atoms with Gasteiger partial charge in [-0.3, -0.25) is 9.89 Å². The molecule has 1 aliphatic rings. The summed E-state index contributed by atoms with van der Waals surface area (Å²) in [6.07, 6.45) is 1.97. The lowest BCUT2D eigenvalue weighted by Crippen LogP contribution is -2.48. The van der Waals surface area contributed by atoms with Crippen LogP contribution in [-0.4, -0.2) is 35.2 Å². The average molecular weight is 381 g/mol. The van der Waals surface area contributed by atoms with Gasteiger partial charge < -0.3 is 10.2 Å². The van der Waals surface area contributed by atoms with Gasteiger partial charge in [-0.1, -0.05) is 48.0 Å². The Morgan fingerprint density at radius 2 is 2.00 bits per heavy atom. The van der Waals surface area contributed by atoms with E-state index in [1.54, 1.807) is 24.3 Å². The molecule has 1 amide bonds. The van der Waals surface area contributed by atoms with E-state index in [4.69, 9.17) is 11.6 Å². The van der Waals surface area contributed by atoms with E-state index < -0.39 is 0 Å². The quantitative estimate of drug-likeness (QED) is 0.715. The molecule has 0 radical (unpaired) electrons. The van der Waals surface area contributed by atoms with Gasteiger partial charge in [-0.05, 0) is 36.6 Å². The maximum absolute atomic E-state index is 12.5. The molecule has 1 atom stereocenters. The van der Waals surface area contributed by atoms with Crippen LogP contribution in [0.2, 0.25) is 5.02 Å². The highest BCUT2D eigenvalue weighted by atomic mass is 35.5. The molecule has 1 aromatic heterocycles. The average Bonchev–Trinajstić information content (AvgIpc) is 3.19. The lowest BCUT2D eigenvalue weighted by atomic mass is 10.0. The number of benzene rings is 2. The molecule has 1 aliphatic heterocycles. The fourth-order valence-electron chi connectivity index (χ4n) is 3.44. The molecule has 6 heteroatoms. The Morgan fingerprint density at radius 1 is 1.15 bits per heavy atom. The SMILES string of the molecule is O=C(N[C@@H]1CCCN(c2cc(-c3ccccc3)[nH]n2)C1)c1cccc(Cl)c1. The largest absolute Gasteiger partial charge is 0.353 e. The van der Waals surface area contributed by atoms with Crippen LogP contribution < -0.4 is 10.2 Å². The molecule has 5 nitrogen and oxygen atoms in total. The van der Waals surface area contributed by atoms with Gasteiger partial charge >= 0.3 is 0 Å². The molecule has 138 valence electrons. The van der Waals surface area contributed by atoms with E-state index in [1.807, 2.05) is 18.2 Å². The van der Waals surface area contributed by atoms with E-state index in [2.05, 4.69) is 38.6 Å². The monoisotopic (exact) mass is 380 g/mol. The van der Waals surface area contributed by atoms with Gasteiger partial charge in [-0.2, -0.15) is 5.10 Å². The predicted molar refractivity (Wildman–Crippen MR) is 108 cm³/mol. The molecule has 0 aliphatic carbocycles. The van der Waals surface area contributed by atoms with Crippen LogP contribution in [0.5, 0.6) is 0 Å². The first-order valence-corrected chi connectivity index (χ1v) is 9.49. The van der Waals surface area contributed by atoms with E-state index in [0.717, 1.165) is 43.0 Å². The van der Waals surface area contributed by atoms with Crippen molar-refractivity contribution in [2.75, 3.05) is 18.0 Å². The van der Waals surface area contributed by atoms with Crippen molar-refractivity contribution in [2.24, 2.45) is 0 Å². The molecular weight excluding hydrogens is 360 g/mol. The number of nitrogens with zero attached hydrogens (tertiary/aromatic N) is 2. The third kappa shape index (κ3) is 4.14. The molecule has 2 N–H and O–H groups in total. The maximum atomic E-state index is 12.5. The first kappa shape index (κ1) is 17.6. The van der Waals surface area contributed by atoms with Crippen LogP contribution in [0.15, 0.2) is 60.7 Å². The molecule has 1 fully saturated rings. The summed E-state index contributed by atoms with van der Waals surface area (Å²) in [6, 6.07) is 19.3. The molecule has 3 aromatic rings. The number of carbonyl (C=O) groups excluding carboxylic acids is 1. The second-order valence-electron chi connectivity index (χ2n) is 6.77. The van der Waals surface area contributed by atoms with Gasteiger partial charge in [0.2, 0.25) is 0 Å². The van der Waals surface area contributed by atoms with Crippen molar-refractivity contribution in [3.8, 4) is 11.3 Å². The Labute approximate surface area is 163 Å². The van der Waals surface area contributed by atoms with Gasteiger partial charge in [0, 0.05) is 35.8 Å². The van der Waals surface area contributed by atoms with Crippen molar-refractivity contribution in [3.63, 3.8) is 0 Å². The highest BCUT2D eigenvalue weighted by molar-refractivity contribution is 6.30. The van der Waals surface area contributed by atoms with Gasteiger partial charge in [-0.15, -0.1) is 0 Å². The lowest BCUT2D eigenvalue weighted by molar-refractivity contribution is 0.0933. The molecule has 0 unspecified atom stereocenters.